The Labute approximate surface area is 162 Å². The summed E-state index contributed by atoms with van der Waals surface area (Å²) >= 11 is 1.12. The molecule has 0 unspecified atom stereocenters. The van der Waals surface area contributed by atoms with Crippen molar-refractivity contribution >= 4 is 28.4 Å². The van der Waals surface area contributed by atoms with Gasteiger partial charge in [0, 0.05) is 6.20 Å². The third kappa shape index (κ3) is 4.63. The summed E-state index contributed by atoms with van der Waals surface area (Å²) < 4.78 is 4.86. The highest BCUT2D eigenvalue weighted by Gasteiger charge is 2.43. The van der Waals surface area contributed by atoms with E-state index >= 15 is 0 Å². The maximum atomic E-state index is 12.2. The van der Waals surface area contributed by atoms with Crippen molar-refractivity contribution in [3.8, 4) is 5.75 Å². The zero-order chi connectivity index (χ0) is 19.4. The van der Waals surface area contributed by atoms with Gasteiger partial charge < -0.3 is 4.74 Å². The topological polar surface area (TPSA) is 73.3 Å². The molecule has 1 aliphatic rings. The summed E-state index contributed by atoms with van der Waals surface area (Å²) in [5.41, 5.74) is 2.42. The van der Waals surface area contributed by atoms with E-state index < -0.39 is 4.75 Å². The zero-order valence-corrected chi connectivity index (χ0v) is 16.2. The van der Waals surface area contributed by atoms with Gasteiger partial charge >= 0.3 is 0 Å². The summed E-state index contributed by atoms with van der Waals surface area (Å²) in [6.07, 6.45) is 3.09. The fraction of sp³-hybridized carbons (Fsp3) is 0.333. The van der Waals surface area contributed by atoms with Gasteiger partial charge in [-0.05, 0) is 49.1 Å². The summed E-state index contributed by atoms with van der Waals surface area (Å²) in [7, 11) is 0. The van der Waals surface area contributed by atoms with Crippen LogP contribution in [-0.4, -0.2) is 33.0 Å². The third-order valence-corrected chi connectivity index (χ3v) is 5.78. The lowest BCUT2D eigenvalue weighted by Crippen LogP contribution is -2.29. The number of pyridine rings is 1. The molecule has 1 aromatic carbocycles. The molecular weight excluding hydrogens is 362 g/mol. The van der Waals surface area contributed by atoms with E-state index in [1.807, 2.05) is 32.0 Å². The molecule has 1 saturated heterocycles. The first-order chi connectivity index (χ1) is 12.9. The van der Waals surface area contributed by atoms with Crippen LogP contribution in [0.5, 0.6) is 5.75 Å². The highest BCUT2D eigenvalue weighted by molar-refractivity contribution is 8.16. The predicted octanol–water partition coefficient (Wildman–Crippen LogP) is 3.44. The number of hydrogen-bond donors (Lipinski definition) is 0. The van der Waals surface area contributed by atoms with Gasteiger partial charge in [0.25, 0.3) is 0 Å². The van der Waals surface area contributed by atoms with E-state index in [0.29, 0.717) is 17.9 Å². The first-order valence-corrected chi connectivity index (χ1v) is 9.66. The third-order valence-electron chi connectivity index (χ3n) is 4.59. The predicted molar refractivity (Wildman–Crippen MR) is 104 cm³/mol. The van der Waals surface area contributed by atoms with Gasteiger partial charge in [-0.1, -0.05) is 36.9 Å². The minimum absolute atomic E-state index is 0.0117. The van der Waals surface area contributed by atoms with E-state index in [2.05, 4.69) is 4.98 Å². The molecule has 0 radical (unpaired) electrons. The fourth-order valence-corrected chi connectivity index (χ4v) is 4.04. The van der Waals surface area contributed by atoms with Gasteiger partial charge in [-0.3, -0.25) is 19.4 Å². The monoisotopic (exact) mass is 383 g/mol. The van der Waals surface area contributed by atoms with Crippen molar-refractivity contribution < 1.29 is 19.1 Å². The Morgan fingerprint density at radius 2 is 1.85 bits per heavy atom. The lowest BCUT2D eigenvalue weighted by atomic mass is 9.95. The van der Waals surface area contributed by atoms with Gasteiger partial charge in [0.05, 0.1) is 11.2 Å². The molecule has 0 amide bonds. The summed E-state index contributed by atoms with van der Waals surface area (Å²) in [6.45, 7) is 3.76. The second-order valence-corrected chi connectivity index (χ2v) is 8.30. The van der Waals surface area contributed by atoms with Crippen molar-refractivity contribution in [1.29, 1.82) is 0 Å². The molecule has 1 fully saturated rings. The molecule has 2 heterocycles. The van der Waals surface area contributed by atoms with Crippen molar-refractivity contribution in [1.82, 2.24) is 4.98 Å². The zero-order valence-electron chi connectivity index (χ0n) is 15.4. The van der Waals surface area contributed by atoms with Crippen molar-refractivity contribution in [3.63, 3.8) is 0 Å². The lowest BCUT2D eigenvalue weighted by molar-refractivity contribution is -0.123. The van der Waals surface area contributed by atoms with E-state index in [9.17, 15) is 14.4 Å². The summed E-state index contributed by atoms with van der Waals surface area (Å²) in [4.78, 5) is 39.8. The van der Waals surface area contributed by atoms with Crippen LogP contribution in [0, 0.1) is 0 Å². The SMILES string of the molecule is CCc1ccc(C(=O)COc2ccc(C[C@@]3(C)SC(=O)CC3=O)cc2)nc1. The highest BCUT2D eigenvalue weighted by atomic mass is 32.2. The molecule has 3 rings (SSSR count). The Balaban J connectivity index is 1.56. The smallest absolute Gasteiger partial charge is 0.218 e. The standard InChI is InChI=1S/C21H21NO4S/c1-3-14-6-9-17(22-12-14)18(23)13-26-16-7-4-15(5-8-16)11-21(2)19(24)10-20(25)27-21/h4-9,12H,3,10-11,13H2,1-2H3/t21-/m1/s1. The van der Waals surface area contributed by atoms with Crippen LogP contribution >= 0.6 is 11.8 Å². The average Bonchev–Trinajstić information content (AvgIpc) is 2.92. The first-order valence-electron chi connectivity index (χ1n) is 8.84. The van der Waals surface area contributed by atoms with E-state index in [1.165, 1.54) is 0 Å². The Hall–Kier alpha value is -2.47. The molecule has 0 aliphatic carbocycles. The number of benzene rings is 1. The second kappa shape index (κ2) is 8.05. The quantitative estimate of drug-likeness (QED) is 0.539. The van der Waals surface area contributed by atoms with E-state index in [1.54, 1.807) is 24.4 Å². The number of rotatable bonds is 7. The number of aryl methyl sites for hydroxylation is 1. The van der Waals surface area contributed by atoms with Crippen LogP contribution in [0.3, 0.4) is 0 Å². The summed E-state index contributed by atoms with van der Waals surface area (Å²) in [6, 6.07) is 10.9. The molecule has 1 aliphatic heterocycles. The molecule has 0 bridgehead atoms. The highest BCUT2D eigenvalue weighted by Crippen LogP contribution is 2.38. The second-order valence-electron chi connectivity index (χ2n) is 6.74. The molecule has 0 N–H and O–H groups in total. The Morgan fingerprint density at radius 1 is 1.15 bits per heavy atom. The van der Waals surface area contributed by atoms with Gasteiger partial charge in [-0.2, -0.15) is 0 Å². The summed E-state index contributed by atoms with van der Waals surface area (Å²) in [5.74, 6) is 0.370. The maximum absolute atomic E-state index is 12.2. The fourth-order valence-electron chi connectivity index (χ4n) is 2.91. The molecule has 2 aromatic rings. The molecule has 0 saturated carbocycles. The Bertz CT molecular complexity index is 861. The molecule has 140 valence electrons. The van der Waals surface area contributed by atoms with Gasteiger partial charge in [-0.15, -0.1) is 0 Å². The molecular formula is C21H21NO4S. The van der Waals surface area contributed by atoms with E-state index in [0.717, 1.165) is 29.3 Å². The number of ketones is 2. The average molecular weight is 383 g/mol. The molecule has 27 heavy (non-hydrogen) atoms. The van der Waals surface area contributed by atoms with E-state index in [4.69, 9.17) is 4.74 Å². The van der Waals surface area contributed by atoms with Crippen molar-refractivity contribution in [2.75, 3.05) is 6.61 Å². The van der Waals surface area contributed by atoms with Gasteiger partial charge in [-0.25, -0.2) is 0 Å². The minimum atomic E-state index is -0.689. The number of Topliss-reactive ketones (excluding diaryl/α,β-unsaturated/α-hetero) is 2. The maximum Gasteiger partial charge on any atom is 0.218 e. The van der Waals surface area contributed by atoms with Gasteiger partial charge in [0.15, 0.2) is 17.5 Å². The van der Waals surface area contributed by atoms with Crippen molar-refractivity contribution in [2.24, 2.45) is 0 Å². The van der Waals surface area contributed by atoms with Crippen LogP contribution in [0.25, 0.3) is 0 Å². The largest absolute Gasteiger partial charge is 0.485 e. The number of hydrogen-bond acceptors (Lipinski definition) is 6. The lowest BCUT2D eigenvalue weighted by Gasteiger charge is -2.19. The van der Waals surface area contributed by atoms with Crippen molar-refractivity contribution in [3.05, 3.63) is 59.4 Å². The van der Waals surface area contributed by atoms with Crippen LogP contribution < -0.4 is 4.74 Å². The molecule has 0 spiro atoms. The van der Waals surface area contributed by atoms with Gasteiger partial charge in [0.1, 0.15) is 11.4 Å². The number of ether oxygens (including phenoxy) is 1. The molecule has 6 heteroatoms. The molecule has 5 nitrogen and oxygen atoms in total. The number of aromatic nitrogens is 1. The summed E-state index contributed by atoms with van der Waals surface area (Å²) in [5, 5.41) is -0.0680. The van der Waals surface area contributed by atoms with Crippen molar-refractivity contribution in [2.45, 2.75) is 37.9 Å². The minimum Gasteiger partial charge on any atom is -0.485 e. The van der Waals surface area contributed by atoms with Crippen LogP contribution in [-0.2, 0) is 22.4 Å². The van der Waals surface area contributed by atoms with E-state index in [-0.39, 0.29) is 29.7 Å². The molecule has 1 aromatic heterocycles. The van der Waals surface area contributed by atoms with Crippen LogP contribution in [0.1, 0.15) is 41.9 Å². The first kappa shape index (κ1) is 19.3. The number of carbonyl (C=O) groups excluding carboxylic acids is 3. The van der Waals surface area contributed by atoms with Crippen LogP contribution in [0.2, 0.25) is 0 Å². The number of nitrogens with zero attached hydrogens (tertiary/aromatic N) is 1. The van der Waals surface area contributed by atoms with Crippen LogP contribution in [0.15, 0.2) is 42.6 Å². The Kier molecular flexibility index (Phi) is 5.75. The molecule has 1 atom stereocenters. The van der Waals surface area contributed by atoms with Crippen LogP contribution in [0.4, 0.5) is 0 Å². The van der Waals surface area contributed by atoms with Gasteiger partial charge in [0.2, 0.25) is 5.78 Å². The number of carbonyl (C=O) groups is 3. The Morgan fingerprint density at radius 3 is 2.41 bits per heavy atom. The number of thioether (sulfide) groups is 1. The normalized spacial score (nSPS) is 19.3.